The van der Waals surface area contributed by atoms with Crippen LogP contribution in [-0.4, -0.2) is 30.1 Å². The molecule has 4 nitrogen and oxygen atoms in total. The van der Waals surface area contributed by atoms with Crippen molar-refractivity contribution in [3.05, 3.63) is 29.8 Å². The van der Waals surface area contributed by atoms with E-state index >= 15 is 0 Å². The van der Waals surface area contributed by atoms with Crippen LogP contribution in [0.4, 0.5) is 0 Å². The van der Waals surface area contributed by atoms with Crippen LogP contribution in [0.1, 0.15) is 26.3 Å². The molecule has 1 aromatic rings. The minimum atomic E-state index is -2.65. The Bertz CT molecular complexity index is 476. The van der Waals surface area contributed by atoms with Gasteiger partial charge in [-0.25, -0.2) is 8.42 Å². The first-order chi connectivity index (χ1) is 7.32. The van der Waals surface area contributed by atoms with E-state index < -0.39 is 16.2 Å². The van der Waals surface area contributed by atoms with Crippen molar-refractivity contribution in [2.45, 2.75) is 31.2 Å². The summed E-state index contributed by atoms with van der Waals surface area (Å²) in [5.41, 5.74) is 0.0118. The predicted molar refractivity (Wildman–Crippen MR) is 62.0 cm³/mol. The average molecular weight is 242 g/mol. The van der Waals surface area contributed by atoms with Gasteiger partial charge in [-0.15, -0.1) is 0 Å². The molecule has 88 valence electrons. The molecule has 0 bridgehead atoms. The van der Waals surface area contributed by atoms with Crippen LogP contribution in [0.3, 0.4) is 0 Å². The molecule has 0 saturated carbocycles. The third-order valence-corrected chi connectivity index (χ3v) is 2.88. The van der Waals surface area contributed by atoms with Gasteiger partial charge in [0.15, 0.2) is 10.7 Å². The van der Waals surface area contributed by atoms with Gasteiger partial charge in [-0.05, 0) is 16.9 Å². The third-order valence-electron chi connectivity index (χ3n) is 2.08. The van der Waals surface area contributed by atoms with Gasteiger partial charge in [-0.1, -0.05) is 12.1 Å². The fraction of sp³-hybridized carbons (Fsp3) is 0.364. The Morgan fingerprint density at radius 2 is 1.81 bits per heavy atom. The van der Waals surface area contributed by atoms with E-state index in [4.69, 9.17) is 0 Å². The van der Waals surface area contributed by atoms with E-state index in [2.05, 4.69) is 0 Å². The second-order valence-corrected chi connectivity index (χ2v) is 5.46. The van der Waals surface area contributed by atoms with Crippen molar-refractivity contribution >= 4 is 16.9 Å². The number of benzene rings is 1. The summed E-state index contributed by atoms with van der Waals surface area (Å²) in [5.74, 6) is 0. The first kappa shape index (κ1) is 12.7. The van der Waals surface area contributed by atoms with Crippen molar-refractivity contribution in [1.29, 1.82) is 0 Å². The van der Waals surface area contributed by atoms with Crippen LogP contribution in [0.2, 0.25) is 0 Å². The van der Waals surface area contributed by atoms with Crippen LogP contribution in [0.5, 0.6) is 0 Å². The molecular formula is C11H16NO3S+. The van der Waals surface area contributed by atoms with Crippen LogP contribution in [0.25, 0.3) is 0 Å². The van der Waals surface area contributed by atoms with Crippen molar-refractivity contribution in [2.75, 3.05) is 0 Å². The highest BCUT2D eigenvalue weighted by molar-refractivity contribution is 7.72. The van der Waals surface area contributed by atoms with Crippen molar-refractivity contribution < 1.29 is 18.4 Å². The normalized spacial score (nSPS) is 13.1. The Morgan fingerprint density at radius 1 is 1.25 bits per heavy atom. The summed E-state index contributed by atoms with van der Waals surface area (Å²) in [7, 11) is -2.65. The smallest absolute Gasteiger partial charge is 0.224 e. The van der Waals surface area contributed by atoms with E-state index in [-0.39, 0.29) is 4.90 Å². The fourth-order valence-corrected chi connectivity index (χ4v) is 1.64. The number of rotatable bonds is 2. The molecule has 0 heterocycles. The molecular weight excluding hydrogens is 226 g/mol. The molecule has 0 spiro atoms. The molecule has 5 heteroatoms. The summed E-state index contributed by atoms with van der Waals surface area (Å²) >= 11 is 0. The molecule has 0 aromatic heterocycles. The van der Waals surface area contributed by atoms with E-state index in [0.717, 1.165) is 4.74 Å². The van der Waals surface area contributed by atoms with Crippen LogP contribution in [-0.2, 0) is 10.7 Å². The maximum atomic E-state index is 11.0. The highest BCUT2D eigenvalue weighted by Gasteiger charge is 2.24. The molecule has 0 amide bonds. The first-order valence-corrected chi connectivity index (χ1v) is 6.06. The highest BCUT2D eigenvalue weighted by atomic mass is 32.2. The summed E-state index contributed by atoms with van der Waals surface area (Å²) in [6.07, 6.45) is 1.42. The molecule has 0 atom stereocenters. The topological polar surface area (TPSA) is 57.4 Å². The summed E-state index contributed by atoms with van der Waals surface area (Å²) in [5, 5.41) is 9.73. The minimum absolute atomic E-state index is 0.209. The highest BCUT2D eigenvalue weighted by Crippen LogP contribution is 2.10. The van der Waals surface area contributed by atoms with Crippen molar-refractivity contribution in [3.8, 4) is 0 Å². The Morgan fingerprint density at radius 3 is 2.31 bits per heavy atom. The summed E-state index contributed by atoms with van der Waals surface area (Å²) in [4.78, 5) is 0.209. The second kappa shape index (κ2) is 4.65. The zero-order valence-corrected chi connectivity index (χ0v) is 10.4. The first-order valence-electron chi connectivity index (χ1n) is 4.89. The Balaban J connectivity index is 3.26. The van der Waals surface area contributed by atoms with E-state index in [1.165, 1.54) is 12.3 Å². The molecule has 1 N–H and O–H groups in total. The molecule has 0 aliphatic heterocycles. The van der Waals surface area contributed by atoms with Crippen molar-refractivity contribution in [1.82, 2.24) is 0 Å². The van der Waals surface area contributed by atoms with Gasteiger partial charge in [0.05, 0.1) is 10.5 Å². The van der Waals surface area contributed by atoms with E-state index in [9.17, 15) is 13.6 Å². The Hall–Kier alpha value is -1.36. The average Bonchev–Trinajstić information content (AvgIpc) is 2.16. The standard InChI is InChI=1S/C11H16NO3S/c1-11(2,3)12(13)8-9-6-4-5-7-10(9)16(14)15/h4-8,13,16H,1-3H3/q+1/b12-8+. The summed E-state index contributed by atoms with van der Waals surface area (Å²) in [6, 6.07) is 6.53. The lowest BCUT2D eigenvalue weighted by Gasteiger charge is -2.09. The predicted octanol–water partition coefficient (Wildman–Crippen LogP) is 1.28. The molecule has 0 fully saturated rings. The molecule has 0 unspecified atom stereocenters. The van der Waals surface area contributed by atoms with E-state index in [1.807, 2.05) is 20.8 Å². The van der Waals surface area contributed by atoms with Crippen LogP contribution >= 0.6 is 0 Å². The monoisotopic (exact) mass is 242 g/mol. The summed E-state index contributed by atoms with van der Waals surface area (Å²) in [6.45, 7) is 5.47. The molecule has 16 heavy (non-hydrogen) atoms. The quantitative estimate of drug-likeness (QED) is 0.270. The summed E-state index contributed by atoms with van der Waals surface area (Å²) < 4.78 is 22.9. The van der Waals surface area contributed by atoms with Gasteiger partial charge >= 0.3 is 0 Å². The maximum absolute atomic E-state index is 11.0. The molecule has 0 radical (unpaired) electrons. The van der Waals surface area contributed by atoms with Crippen LogP contribution in [0.15, 0.2) is 29.2 Å². The van der Waals surface area contributed by atoms with E-state index in [1.54, 1.807) is 18.2 Å². The SMILES string of the molecule is CC(C)(C)/[N+](O)=C\c1ccccc1[SH](=O)=O. The van der Waals surface area contributed by atoms with Gasteiger partial charge in [0.25, 0.3) is 0 Å². The lowest BCUT2D eigenvalue weighted by Crippen LogP contribution is -2.31. The lowest BCUT2D eigenvalue weighted by atomic mass is 10.1. The van der Waals surface area contributed by atoms with Gasteiger partial charge in [0, 0.05) is 20.8 Å². The van der Waals surface area contributed by atoms with Gasteiger partial charge in [-0.3, -0.25) is 5.21 Å². The van der Waals surface area contributed by atoms with Crippen LogP contribution in [0, 0.1) is 0 Å². The van der Waals surface area contributed by atoms with Gasteiger partial charge < -0.3 is 0 Å². The fourth-order valence-electron chi connectivity index (χ4n) is 1.09. The number of hydroxylamine groups is 1. The third kappa shape index (κ3) is 3.06. The van der Waals surface area contributed by atoms with Gasteiger partial charge in [0.2, 0.25) is 11.8 Å². The zero-order chi connectivity index (χ0) is 12.3. The number of hydrogen-bond donors (Lipinski definition) is 2. The van der Waals surface area contributed by atoms with Crippen LogP contribution < -0.4 is 0 Å². The number of hydrogen-bond acceptors (Lipinski definition) is 3. The minimum Gasteiger partial charge on any atom is -0.290 e. The van der Waals surface area contributed by atoms with E-state index in [0.29, 0.717) is 5.56 Å². The number of thiol groups is 1. The van der Waals surface area contributed by atoms with Gasteiger partial charge in [0.1, 0.15) is 0 Å². The lowest BCUT2D eigenvalue weighted by molar-refractivity contribution is -0.816. The molecule has 0 saturated heterocycles. The molecule has 0 aliphatic rings. The Labute approximate surface area is 96.8 Å². The number of nitrogens with zero attached hydrogens (tertiary/aromatic N) is 1. The largest absolute Gasteiger partial charge is 0.290 e. The van der Waals surface area contributed by atoms with Gasteiger partial charge in [-0.2, -0.15) is 0 Å². The molecule has 1 aromatic carbocycles. The maximum Gasteiger partial charge on any atom is 0.224 e. The molecule has 0 aliphatic carbocycles. The van der Waals surface area contributed by atoms with Crippen molar-refractivity contribution in [2.24, 2.45) is 0 Å². The van der Waals surface area contributed by atoms with Crippen molar-refractivity contribution in [3.63, 3.8) is 0 Å². The Kier molecular flexibility index (Phi) is 3.70. The molecule has 1 rings (SSSR count). The zero-order valence-electron chi connectivity index (χ0n) is 9.54. The second-order valence-electron chi connectivity index (χ2n) is 4.46.